The zero-order valence-electron chi connectivity index (χ0n) is 17.5. The fourth-order valence-electron chi connectivity index (χ4n) is 3.70. The van der Waals surface area contributed by atoms with Crippen LogP contribution < -0.4 is 31.7 Å². The molecule has 31 heavy (non-hydrogen) atoms. The average Bonchev–Trinajstić information content (AvgIpc) is 3.08. The summed E-state index contributed by atoms with van der Waals surface area (Å²) in [5, 5.41) is 2.03. The van der Waals surface area contributed by atoms with E-state index >= 15 is 0 Å². The summed E-state index contributed by atoms with van der Waals surface area (Å²) in [6.07, 6.45) is 2.55. The van der Waals surface area contributed by atoms with E-state index < -0.39 is 0 Å². The fraction of sp³-hybridized carbons (Fsp3) is 0.261. The second-order valence-corrected chi connectivity index (χ2v) is 7.39. The minimum absolute atomic E-state index is 0.0525. The molecule has 2 aromatic carbocycles. The van der Waals surface area contributed by atoms with Gasteiger partial charge in [-0.15, -0.1) is 0 Å². The van der Waals surface area contributed by atoms with Crippen LogP contribution in [0.15, 0.2) is 59.5 Å². The molecule has 8 heteroatoms. The summed E-state index contributed by atoms with van der Waals surface area (Å²) in [6.45, 7) is 2.91. The van der Waals surface area contributed by atoms with Crippen LogP contribution in [0.5, 0.6) is 5.75 Å². The fourth-order valence-corrected chi connectivity index (χ4v) is 3.70. The van der Waals surface area contributed by atoms with Crippen LogP contribution in [0.2, 0.25) is 0 Å². The largest absolute Gasteiger partial charge is 0.497 e. The number of methoxy groups -OCH3 is 1. The standard InChI is InChI=1S/C23H27N5O3/c1-30-17-8-6-16(7-9-17)28(25)15-20(24)18-4-2-5-19-21(29)14-22(26-23(18)19)27-10-3-12-31-13-11-27/h2,4-9,14-15H,3,10-13,24-25H2,1H3,(H,26,29)/b20-15-. The van der Waals surface area contributed by atoms with Gasteiger partial charge in [-0.2, -0.15) is 0 Å². The van der Waals surface area contributed by atoms with Gasteiger partial charge in [-0.25, -0.2) is 5.84 Å². The number of rotatable bonds is 5. The Hall–Kier alpha value is -3.49. The predicted octanol–water partition coefficient (Wildman–Crippen LogP) is 2.40. The van der Waals surface area contributed by atoms with Gasteiger partial charge in [0.05, 0.1) is 30.6 Å². The first-order valence-electron chi connectivity index (χ1n) is 10.2. The van der Waals surface area contributed by atoms with Crippen molar-refractivity contribution in [1.82, 2.24) is 4.98 Å². The molecule has 0 unspecified atom stereocenters. The number of benzene rings is 2. The van der Waals surface area contributed by atoms with Crippen molar-refractivity contribution in [3.8, 4) is 5.75 Å². The highest BCUT2D eigenvalue weighted by Gasteiger charge is 2.15. The number of H-pyrrole nitrogens is 1. The zero-order chi connectivity index (χ0) is 21.8. The van der Waals surface area contributed by atoms with Crippen LogP contribution in [0.25, 0.3) is 16.6 Å². The summed E-state index contributed by atoms with van der Waals surface area (Å²) in [7, 11) is 1.61. The Balaban J connectivity index is 1.71. The molecule has 0 aliphatic carbocycles. The Kier molecular flexibility index (Phi) is 6.11. The van der Waals surface area contributed by atoms with Crippen LogP contribution in [0.3, 0.4) is 0 Å². The van der Waals surface area contributed by atoms with E-state index in [4.69, 9.17) is 21.1 Å². The van der Waals surface area contributed by atoms with Gasteiger partial charge in [0.15, 0.2) is 5.43 Å². The molecule has 1 fully saturated rings. The number of ether oxygens (including phenoxy) is 2. The Bertz CT molecular complexity index is 1130. The average molecular weight is 422 g/mol. The molecular weight excluding hydrogens is 394 g/mol. The molecule has 162 valence electrons. The lowest BCUT2D eigenvalue weighted by atomic mass is 10.1. The van der Waals surface area contributed by atoms with Gasteiger partial charge < -0.3 is 25.1 Å². The number of nitrogens with zero attached hydrogens (tertiary/aromatic N) is 2. The van der Waals surface area contributed by atoms with Crippen molar-refractivity contribution in [2.45, 2.75) is 6.42 Å². The van der Waals surface area contributed by atoms with Crippen molar-refractivity contribution in [1.29, 1.82) is 0 Å². The van der Waals surface area contributed by atoms with Gasteiger partial charge in [0.2, 0.25) is 0 Å². The first-order valence-corrected chi connectivity index (χ1v) is 10.2. The highest BCUT2D eigenvalue weighted by atomic mass is 16.5. The number of nitrogens with two attached hydrogens (primary N) is 2. The number of para-hydroxylation sites is 1. The van der Waals surface area contributed by atoms with Crippen LogP contribution in [-0.4, -0.2) is 38.4 Å². The minimum atomic E-state index is -0.0525. The van der Waals surface area contributed by atoms with Gasteiger partial charge in [-0.05, 0) is 36.8 Å². The lowest BCUT2D eigenvalue weighted by Gasteiger charge is -2.22. The summed E-state index contributed by atoms with van der Waals surface area (Å²) >= 11 is 0. The minimum Gasteiger partial charge on any atom is -0.497 e. The number of fused-ring (bicyclic) bond motifs is 1. The maximum Gasteiger partial charge on any atom is 0.191 e. The topological polar surface area (TPSA) is 110 Å². The van der Waals surface area contributed by atoms with Crippen LogP contribution in [0.1, 0.15) is 12.0 Å². The van der Waals surface area contributed by atoms with Crippen molar-refractivity contribution in [2.75, 3.05) is 43.3 Å². The number of nitrogens with one attached hydrogen (secondary N) is 1. The number of aromatic nitrogens is 1. The second kappa shape index (κ2) is 9.11. The number of hydrogen-bond acceptors (Lipinski definition) is 7. The molecular formula is C23H27N5O3. The first kappa shape index (κ1) is 20.8. The van der Waals surface area contributed by atoms with Crippen molar-refractivity contribution in [3.63, 3.8) is 0 Å². The van der Waals surface area contributed by atoms with E-state index in [-0.39, 0.29) is 5.43 Å². The van der Waals surface area contributed by atoms with Crippen LogP contribution >= 0.6 is 0 Å². The van der Waals surface area contributed by atoms with E-state index in [1.54, 1.807) is 25.4 Å². The molecule has 2 heterocycles. The summed E-state index contributed by atoms with van der Waals surface area (Å²) < 4.78 is 10.7. The molecule has 0 atom stereocenters. The number of anilines is 2. The van der Waals surface area contributed by atoms with Crippen molar-refractivity contribution >= 4 is 28.1 Å². The predicted molar refractivity (Wildman–Crippen MR) is 124 cm³/mol. The molecule has 1 aliphatic heterocycles. The summed E-state index contributed by atoms with van der Waals surface area (Å²) in [5.74, 6) is 7.71. The lowest BCUT2D eigenvalue weighted by molar-refractivity contribution is 0.152. The lowest BCUT2D eigenvalue weighted by Crippen LogP contribution is -2.28. The summed E-state index contributed by atoms with van der Waals surface area (Å²) in [6, 6.07) is 14.5. The molecule has 1 aliphatic rings. The number of hydrazine groups is 1. The van der Waals surface area contributed by atoms with E-state index in [9.17, 15) is 4.79 Å². The smallest absolute Gasteiger partial charge is 0.191 e. The molecule has 8 nitrogen and oxygen atoms in total. The quantitative estimate of drug-likeness (QED) is 0.429. The van der Waals surface area contributed by atoms with Crippen LogP contribution in [0, 0.1) is 0 Å². The third-order valence-corrected chi connectivity index (χ3v) is 5.37. The normalized spacial score (nSPS) is 15.0. The number of pyridine rings is 1. The molecule has 0 amide bonds. The third kappa shape index (κ3) is 4.50. The highest BCUT2D eigenvalue weighted by Crippen LogP contribution is 2.24. The van der Waals surface area contributed by atoms with Crippen molar-refractivity contribution in [2.24, 2.45) is 11.6 Å². The Labute approximate surface area is 180 Å². The van der Waals surface area contributed by atoms with E-state index in [2.05, 4.69) is 9.88 Å². The van der Waals surface area contributed by atoms with E-state index in [0.29, 0.717) is 28.8 Å². The third-order valence-electron chi connectivity index (χ3n) is 5.37. The maximum absolute atomic E-state index is 12.8. The second-order valence-electron chi connectivity index (χ2n) is 7.39. The van der Waals surface area contributed by atoms with Gasteiger partial charge in [0.1, 0.15) is 11.6 Å². The molecule has 0 radical (unpaired) electrons. The Morgan fingerprint density at radius 3 is 2.77 bits per heavy atom. The van der Waals surface area contributed by atoms with Crippen LogP contribution in [0.4, 0.5) is 11.5 Å². The van der Waals surface area contributed by atoms with Gasteiger partial charge in [0, 0.05) is 42.9 Å². The molecule has 1 aromatic heterocycles. The summed E-state index contributed by atoms with van der Waals surface area (Å²) in [4.78, 5) is 18.4. The zero-order valence-corrected chi connectivity index (χ0v) is 17.5. The van der Waals surface area contributed by atoms with E-state index in [1.165, 1.54) is 5.01 Å². The molecule has 0 bridgehead atoms. The van der Waals surface area contributed by atoms with E-state index in [1.807, 2.05) is 36.4 Å². The Morgan fingerprint density at radius 2 is 2.00 bits per heavy atom. The van der Waals surface area contributed by atoms with Gasteiger partial charge in [-0.1, -0.05) is 12.1 Å². The van der Waals surface area contributed by atoms with E-state index in [0.717, 1.165) is 43.4 Å². The number of hydrogen-bond donors (Lipinski definition) is 3. The van der Waals surface area contributed by atoms with Gasteiger partial charge in [0.25, 0.3) is 0 Å². The highest BCUT2D eigenvalue weighted by molar-refractivity contribution is 5.91. The van der Waals surface area contributed by atoms with Crippen molar-refractivity contribution in [3.05, 3.63) is 70.5 Å². The monoisotopic (exact) mass is 421 g/mol. The number of aromatic amines is 1. The molecule has 3 aromatic rings. The Morgan fingerprint density at radius 1 is 1.19 bits per heavy atom. The van der Waals surface area contributed by atoms with Gasteiger partial charge in [-0.3, -0.25) is 9.80 Å². The molecule has 4 rings (SSSR count). The summed E-state index contributed by atoms with van der Waals surface area (Å²) in [5.41, 5.74) is 8.96. The van der Waals surface area contributed by atoms with Crippen molar-refractivity contribution < 1.29 is 9.47 Å². The SMILES string of the molecule is COc1ccc(N(N)/C=C(\N)c2cccc3c(=O)cc(N4CCCOCC4)[nH]c23)cc1. The van der Waals surface area contributed by atoms with Crippen LogP contribution in [-0.2, 0) is 4.74 Å². The van der Waals surface area contributed by atoms with Gasteiger partial charge >= 0.3 is 0 Å². The molecule has 1 saturated heterocycles. The maximum atomic E-state index is 12.8. The molecule has 5 N–H and O–H groups in total. The molecule has 0 spiro atoms. The molecule has 0 saturated carbocycles. The first-order chi connectivity index (χ1) is 15.1.